The van der Waals surface area contributed by atoms with Crippen molar-refractivity contribution in [2.45, 2.75) is 13.8 Å². The van der Waals surface area contributed by atoms with Gasteiger partial charge in [-0.1, -0.05) is 23.3 Å². The van der Waals surface area contributed by atoms with Gasteiger partial charge in [0.1, 0.15) is 0 Å². The highest BCUT2D eigenvalue weighted by Crippen LogP contribution is 2.29. The van der Waals surface area contributed by atoms with Crippen LogP contribution in [0.25, 0.3) is 6.08 Å². The molecule has 0 fully saturated rings. The lowest BCUT2D eigenvalue weighted by molar-refractivity contribution is -0.129. The Morgan fingerprint density at radius 1 is 0.960 bits per heavy atom. The van der Waals surface area contributed by atoms with Crippen LogP contribution in [0.3, 0.4) is 0 Å². The largest absolute Gasteiger partial charge is 0.493 e. The molecule has 1 heterocycles. The third-order valence-corrected chi connectivity index (χ3v) is 3.80. The summed E-state index contributed by atoms with van der Waals surface area (Å²) in [5.74, 6) is 1.06. The van der Waals surface area contributed by atoms with Gasteiger partial charge in [-0.3, -0.25) is 0 Å². The molecule has 128 valence electrons. The highest BCUT2D eigenvalue weighted by molar-refractivity contribution is 6.13. The van der Waals surface area contributed by atoms with Gasteiger partial charge in [0.15, 0.2) is 17.2 Å². The van der Waals surface area contributed by atoms with E-state index < -0.39 is 5.97 Å². The van der Waals surface area contributed by atoms with Crippen molar-refractivity contribution in [2.24, 2.45) is 4.99 Å². The average molecular weight is 337 g/mol. The van der Waals surface area contributed by atoms with E-state index in [9.17, 15) is 4.79 Å². The van der Waals surface area contributed by atoms with E-state index in [-0.39, 0.29) is 5.70 Å². The van der Waals surface area contributed by atoms with Crippen LogP contribution < -0.4 is 9.47 Å². The van der Waals surface area contributed by atoms with Gasteiger partial charge in [0, 0.05) is 5.56 Å². The predicted octanol–water partition coefficient (Wildman–Crippen LogP) is 3.67. The number of aryl methyl sites for hydroxylation is 2. The van der Waals surface area contributed by atoms with Crippen LogP contribution in [0.4, 0.5) is 0 Å². The van der Waals surface area contributed by atoms with E-state index in [0.29, 0.717) is 17.4 Å². The summed E-state index contributed by atoms with van der Waals surface area (Å²) in [6, 6.07) is 11.3. The quantitative estimate of drug-likeness (QED) is 0.631. The van der Waals surface area contributed by atoms with Crippen molar-refractivity contribution in [1.29, 1.82) is 0 Å². The Morgan fingerprint density at radius 3 is 2.28 bits per heavy atom. The normalized spacial score (nSPS) is 15.1. The summed E-state index contributed by atoms with van der Waals surface area (Å²) in [6.45, 7) is 3.99. The van der Waals surface area contributed by atoms with Gasteiger partial charge in [-0.2, -0.15) is 0 Å². The first-order valence-electron chi connectivity index (χ1n) is 7.83. The number of aliphatic imine (C=N–C) groups is 1. The third kappa shape index (κ3) is 3.55. The number of carbonyl (C=O) groups is 1. The van der Waals surface area contributed by atoms with E-state index in [1.807, 2.05) is 32.0 Å². The van der Waals surface area contributed by atoms with Gasteiger partial charge in [-0.15, -0.1) is 0 Å². The van der Waals surface area contributed by atoms with Crippen LogP contribution in [0, 0.1) is 13.8 Å². The van der Waals surface area contributed by atoms with Crippen LogP contribution in [0.2, 0.25) is 0 Å². The van der Waals surface area contributed by atoms with E-state index in [1.165, 1.54) is 0 Å². The zero-order chi connectivity index (χ0) is 18.0. The van der Waals surface area contributed by atoms with Crippen molar-refractivity contribution >= 4 is 17.9 Å². The fraction of sp³-hybridized carbons (Fsp3) is 0.200. The monoisotopic (exact) mass is 337 g/mol. The standard InChI is InChI=1S/C20H19NO4/c1-12-7-13(2)9-15(8-12)19-21-16(20(22)25-19)10-14-5-6-17(23-3)18(11-14)24-4/h5-11H,1-4H3. The summed E-state index contributed by atoms with van der Waals surface area (Å²) in [5, 5.41) is 0. The molecule has 3 rings (SSSR count). The lowest BCUT2D eigenvalue weighted by Crippen LogP contribution is -2.06. The van der Waals surface area contributed by atoms with Gasteiger partial charge in [0.05, 0.1) is 14.2 Å². The number of benzene rings is 2. The second-order valence-electron chi connectivity index (χ2n) is 5.83. The lowest BCUT2D eigenvalue weighted by Gasteiger charge is -2.07. The van der Waals surface area contributed by atoms with E-state index in [4.69, 9.17) is 14.2 Å². The van der Waals surface area contributed by atoms with Crippen LogP contribution in [-0.4, -0.2) is 26.1 Å². The number of cyclic esters (lactones) is 1. The van der Waals surface area contributed by atoms with Crippen LogP contribution in [0.1, 0.15) is 22.3 Å². The fourth-order valence-corrected chi connectivity index (χ4v) is 2.73. The van der Waals surface area contributed by atoms with Gasteiger partial charge >= 0.3 is 5.97 Å². The zero-order valence-electron chi connectivity index (χ0n) is 14.6. The molecular weight excluding hydrogens is 318 g/mol. The molecule has 0 spiro atoms. The topological polar surface area (TPSA) is 57.1 Å². The minimum Gasteiger partial charge on any atom is -0.493 e. The number of rotatable bonds is 4. The number of esters is 1. The summed E-state index contributed by atoms with van der Waals surface area (Å²) in [5.41, 5.74) is 4.00. The van der Waals surface area contributed by atoms with Crippen molar-refractivity contribution in [3.05, 3.63) is 64.3 Å². The third-order valence-electron chi connectivity index (χ3n) is 3.80. The van der Waals surface area contributed by atoms with Crippen molar-refractivity contribution in [3.8, 4) is 11.5 Å². The Bertz CT molecular complexity index is 876. The molecule has 1 aliphatic heterocycles. The molecular formula is C20H19NO4. The Labute approximate surface area is 146 Å². The maximum atomic E-state index is 12.1. The molecule has 5 heteroatoms. The molecule has 0 N–H and O–H groups in total. The first kappa shape index (κ1) is 16.8. The van der Waals surface area contributed by atoms with Crippen LogP contribution in [0.15, 0.2) is 47.1 Å². The van der Waals surface area contributed by atoms with Crippen LogP contribution >= 0.6 is 0 Å². The molecule has 2 aromatic carbocycles. The summed E-state index contributed by atoms with van der Waals surface area (Å²) in [6.07, 6.45) is 1.67. The number of nitrogens with zero attached hydrogens (tertiary/aromatic N) is 1. The molecule has 5 nitrogen and oxygen atoms in total. The SMILES string of the molecule is COc1ccc(C=C2N=C(c3cc(C)cc(C)c3)OC2=O)cc1OC. The maximum Gasteiger partial charge on any atom is 0.363 e. The molecule has 0 saturated heterocycles. The summed E-state index contributed by atoms with van der Waals surface area (Å²) >= 11 is 0. The summed E-state index contributed by atoms with van der Waals surface area (Å²) in [7, 11) is 3.14. The fourth-order valence-electron chi connectivity index (χ4n) is 2.73. The number of methoxy groups -OCH3 is 2. The summed E-state index contributed by atoms with van der Waals surface area (Å²) in [4.78, 5) is 16.5. The van der Waals surface area contributed by atoms with Gasteiger partial charge in [0.2, 0.25) is 5.90 Å². The Balaban J connectivity index is 1.96. The molecule has 0 amide bonds. The number of carbonyl (C=O) groups excluding carboxylic acids is 1. The number of ether oxygens (including phenoxy) is 3. The molecule has 2 aromatic rings. The number of hydrogen-bond acceptors (Lipinski definition) is 5. The predicted molar refractivity (Wildman–Crippen MR) is 96.1 cm³/mol. The highest BCUT2D eigenvalue weighted by atomic mass is 16.6. The molecule has 25 heavy (non-hydrogen) atoms. The lowest BCUT2D eigenvalue weighted by atomic mass is 10.1. The van der Waals surface area contributed by atoms with Gasteiger partial charge in [-0.25, -0.2) is 9.79 Å². The highest BCUT2D eigenvalue weighted by Gasteiger charge is 2.24. The molecule has 0 radical (unpaired) electrons. The Morgan fingerprint density at radius 2 is 1.64 bits per heavy atom. The van der Waals surface area contributed by atoms with Crippen molar-refractivity contribution in [3.63, 3.8) is 0 Å². The van der Waals surface area contributed by atoms with Crippen molar-refractivity contribution in [2.75, 3.05) is 14.2 Å². The zero-order valence-corrected chi connectivity index (χ0v) is 14.6. The molecule has 1 aliphatic rings. The van der Waals surface area contributed by atoms with Crippen molar-refractivity contribution in [1.82, 2.24) is 0 Å². The maximum absolute atomic E-state index is 12.1. The molecule has 0 aromatic heterocycles. The molecule has 0 aliphatic carbocycles. The minimum atomic E-state index is -0.469. The molecule has 0 bridgehead atoms. The van der Waals surface area contributed by atoms with Gasteiger partial charge in [-0.05, 0) is 49.8 Å². The van der Waals surface area contributed by atoms with E-state index >= 15 is 0 Å². The molecule has 0 unspecified atom stereocenters. The first-order valence-corrected chi connectivity index (χ1v) is 7.83. The summed E-state index contributed by atoms with van der Waals surface area (Å²) < 4.78 is 15.8. The van der Waals surface area contributed by atoms with E-state index in [2.05, 4.69) is 11.1 Å². The van der Waals surface area contributed by atoms with E-state index in [0.717, 1.165) is 22.3 Å². The van der Waals surface area contributed by atoms with Crippen LogP contribution in [-0.2, 0) is 9.53 Å². The smallest absolute Gasteiger partial charge is 0.363 e. The number of hydrogen-bond donors (Lipinski definition) is 0. The van der Waals surface area contributed by atoms with Gasteiger partial charge < -0.3 is 14.2 Å². The second-order valence-corrected chi connectivity index (χ2v) is 5.83. The Kier molecular flexibility index (Phi) is 4.57. The Hall–Kier alpha value is -3.08. The van der Waals surface area contributed by atoms with Gasteiger partial charge in [0.25, 0.3) is 0 Å². The minimum absolute atomic E-state index is 0.251. The molecule has 0 saturated carbocycles. The average Bonchev–Trinajstić information content (AvgIpc) is 2.94. The van der Waals surface area contributed by atoms with Crippen molar-refractivity contribution < 1.29 is 19.0 Å². The molecule has 0 atom stereocenters. The van der Waals surface area contributed by atoms with E-state index in [1.54, 1.807) is 32.4 Å². The first-order chi connectivity index (χ1) is 12.0. The second kappa shape index (κ2) is 6.81. The van der Waals surface area contributed by atoms with Crippen LogP contribution in [0.5, 0.6) is 11.5 Å².